The van der Waals surface area contributed by atoms with Crippen molar-refractivity contribution in [2.75, 3.05) is 12.8 Å². The Balaban J connectivity index is 2.51. The molecule has 2 rings (SSSR count). The third-order valence-corrected chi connectivity index (χ3v) is 2.41. The lowest BCUT2D eigenvalue weighted by Crippen LogP contribution is -1.89. The maximum Gasteiger partial charge on any atom is 0.141 e. The number of nitrogens with one attached hydrogen (secondary N) is 1. The van der Waals surface area contributed by atoms with E-state index >= 15 is 0 Å². The minimum atomic E-state index is 0.387. The van der Waals surface area contributed by atoms with E-state index < -0.39 is 0 Å². The topological polar surface area (TPSA) is 74.8 Å². The van der Waals surface area contributed by atoms with E-state index in [0.717, 1.165) is 16.9 Å². The summed E-state index contributed by atoms with van der Waals surface area (Å²) in [4.78, 5) is 2.83. The van der Waals surface area contributed by atoms with Crippen molar-refractivity contribution in [3.63, 3.8) is 0 Å². The number of nitrogen functional groups attached to an aromatic ring is 1. The van der Waals surface area contributed by atoms with Crippen molar-refractivity contribution in [3.05, 3.63) is 36.2 Å². The molecule has 0 radical (unpaired) electrons. The SMILES string of the molecule is COc1cccc(-c2c[nH]c(C#N)c2N)c1. The average molecular weight is 213 g/mol. The Hall–Kier alpha value is -2.41. The van der Waals surface area contributed by atoms with Crippen molar-refractivity contribution in [2.45, 2.75) is 0 Å². The summed E-state index contributed by atoms with van der Waals surface area (Å²) in [6.45, 7) is 0. The zero-order valence-electron chi connectivity index (χ0n) is 8.82. The highest BCUT2D eigenvalue weighted by molar-refractivity contribution is 5.80. The molecule has 4 nitrogen and oxygen atoms in total. The molecule has 0 bridgehead atoms. The Labute approximate surface area is 93.3 Å². The third kappa shape index (κ3) is 1.59. The molecule has 0 amide bonds. The minimum absolute atomic E-state index is 0.387. The van der Waals surface area contributed by atoms with Gasteiger partial charge in [-0.25, -0.2) is 0 Å². The quantitative estimate of drug-likeness (QED) is 0.802. The Bertz CT molecular complexity index is 552. The molecule has 4 heteroatoms. The molecule has 16 heavy (non-hydrogen) atoms. The van der Waals surface area contributed by atoms with Crippen molar-refractivity contribution in [1.29, 1.82) is 5.26 Å². The number of hydrogen-bond acceptors (Lipinski definition) is 3. The van der Waals surface area contributed by atoms with Gasteiger partial charge in [-0.15, -0.1) is 0 Å². The van der Waals surface area contributed by atoms with Gasteiger partial charge in [-0.3, -0.25) is 0 Å². The molecule has 2 aromatic rings. The number of benzene rings is 1. The molecule has 1 aromatic carbocycles. The van der Waals surface area contributed by atoms with Gasteiger partial charge >= 0.3 is 0 Å². The number of H-pyrrole nitrogens is 1. The van der Waals surface area contributed by atoms with Crippen LogP contribution in [0.2, 0.25) is 0 Å². The van der Waals surface area contributed by atoms with Crippen LogP contribution in [-0.2, 0) is 0 Å². The Morgan fingerprint density at radius 1 is 1.44 bits per heavy atom. The Morgan fingerprint density at radius 3 is 2.88 bits per heavy atom. The van der Waals surface area contributed by atoms with Crippen LogP contribution in [0.5, 0.6) is 5.75 Å². The molecular formula is C12H11N3O. The van der Waals surface area contributed by atoms with Crippen LogP contribution in [0.3, 0.4) is 0 Å². The average Bonchev–Trinajstić information content (AvgIpc) is 2.70. The third-order valence-electron chi connectivity index (χ3n) is 2.41. The number of methoxy groups -OCH3 is 1. The fourth-order valence-electron chi connectivity index (χ4n) is 1.56. The van der Waals surface area contributed by atoms with E-state index in [1.54, 1.807) is 13.3 Å². The van der Waals surface area contributed by atoms with E-state index in [1.807, 2.05) is 30.3 Å². The lowest BCUT2D eigenvalue weighted by Gasteiger charge is -2.03. The highest BCUT2D eigenvalue weighted by Crippen LogP contribution is 2.30. The summed E-state index contributed by atoms with van der Waals surface area (Å²) < 4.78 is 5.13. The van der Waals surface area contributed by atoms with Crippen molar-refractivity contribution < 1.29 is 4.74 Å². The van der Waals surface area contributed by atoms with E-state index in [2.05, 4.69) is 4.98 Å². The smallest absolute Gasteiger partial charge is 0.141 e. The molecule has 0 aliphatic rings. The van der Waals surface area contributed by atoms with Gasteiger partial charge in [0.1, 0.15) is 17.5 Å². The highest BCUT2D eigenvalue weighted by Gasteiger charge is 2.09. The molecule has 0 fully saturated rings. The first-order chi connectivity index (χ1) is 7.76. The second-order valence-electron chi connectivity index (χ2n) is 3.33. The molecular weight excluding hydrogens is 202 g/mol. The maximum absolute atomic E-state index is 8.79. The summed E-state index contributed by atoms with van der Waals surface area (Å²) in [6, 6.07) is 9.54. The second kappa shape index (κ2) is 3.99. The van der Waals surface area contributed by atoms with E-state index in [4.69, 9.17) is 15.7 Å². The lowest BCUT2D eigenvalue weighted by atomic mass is 10.1. The van der Waals surface area contributed by atoms with E-state index in [-0.39, 0.29) is 0 Å². The summed E-state index contributed by atoms with van der Waals surface area (Å²) >= 11 is 0. The first-order valence-corrected chi connectivity index (χ1v) is 4.77. The Morgan fingerprint density at radius 2 is 2.25 bits per heavy atom. The van der Waals surface area contributed by atoms with Crippen LogP contribution in [-0.4, -0.2) is 12.1 Å². The maximum atomic E-state index is 8.79. The predicted molar refractivity (Wildman–Crippen MR) is 61.9 cm³/mol. The zero-order chi connectivity index (χ0) is 11.5. The van der Waals surface area contributed by atoms with Crippen molar-refractivity contribution in [1.82, 2.24) is 4.98 Å². The van der Waals surface area contributed by atoms with Gasteiger partial charge in [0.15, 0.2) is 0 Å². The zero-order valence-corrected chi connectivity index (χ0v) is 8.82. The summed E-state index contributed by atoms with van der Waals surface area (Å²) in [5, 5.41) is 8.79. The molecule has 1 aromatic heterocycles. The number of nitrogens with zero attached hydrogens (tertiary/aromatic N) is 1. The summed E-state index contributed by atoms with van der Waals surface area (Å²) in [5.74, 6) is 0.761. The van der Waals surface area contributed by atoms with Gasteiger partial charge in [-0.1, -0.05) is 12.1 Å². The molecule has 0 spiro atoms. The first-order valence-electron chi connectivity index (χ1n) is 4.77. The summed E-state index contributed by atoms with van der Waals surface area (Å²) in [6.07, 6.45) is 1.72. The number of rotatable bonds is 2. The van der Waals surface area contributed by atoms with Gasteiger partial charge in [-0.2, -0.15) is 5.26 Å². The second-order valence-corrected chi connectivity index (χ2v) is 3.33. The van der Waals surface area contributed by atoms with Gasteiger partial charge in [0.2, 0.25) is 0 Å². The van der Waals surface area contributed by atoms with Crippen LogP contribution in [0.25, 0.3) is 11.1 Å². The number of nitriles is 1. The molecule has 0 unspecified atom stereocenters. The van der Waals surface area contributed by atoms with Crippen LogP contribution in [0.15, 0.2) is 30.5 Å². The van der Waals surface area contributed by atoms with Gasteiger partial charge in [0.05, 0.1) is 12.8 Å². The monoisotopic (exact) mass is 213 g/mol. The fraction of sp³-hybridized carbons (Fsp3) is 0.0833. The number of anilines is 1. The molecule has 0 aliphatic carbocycles. The molecule has 0 saturated carbocycles. The van der Waals surface area contributed by atoms with E-state index in [1.165, 1.54) is 0 Å². The lowest BCUT2D eigenvalue weighted by molar-refractivity contribution is 0.415. The molecule has 3 N–H and O–H groups in total. The number of aromatic amines is 1. The van der Waals surface area contributed by atoms with Crippen molar-refractivity contribution in [3.8, 4) is 22.9 Å². The summed E-state index contributed by atoms with van der Waals surface area (Å²) in [5.41, 5.74) is 8.44. The van der Waals surface area contributed by atoms with Crippen molar-refractivity contribution in [2.24, 2.45) is 0 Å². The molecule has 0 aliphatic heterocycles. The van der Waals surface area contributed by atoms with Gasteiger partial charge < -0.3 is 15.5 Å². The highest BCUT2D eigenvalue weighted by atomic mass is 16.5. The Kier molecular flexibility index (Phi) is 2.52. The first kappa shape index (κ1) is 10.1. The van der Waals surface area contributed by atoms with Crippen LogP contribution in [0, 0.1) is 11.3 Å². The van der Waals surface area contributed by atoms with Crippen LogP contribution in [0.4, 0.5) is 5.69 Å². The van der Waals surface area contributed by atoms with E-state index in [9.17, 15) is 0 Å². The molecule has 0 atom stereocenters. The predicted octanol–water partition coefficient (Wildman–Crippen LogP) is 2.14. The van der Waals surface area contributed by atoms with Gasteiger partial charge in [0, 0.05) is 11.8 Å². The molecule has 80 valence electrons. The number of nitrogens with two attached hydrogens (primary N) is 1. The van der Waals surface area contributed by atoms with Crippen LogP contribution in [0.1, 0.15) is 5.69 Å². The molecule has 1 heterocycles. The fourth-order valence-corrected chi connectivity index (χ4v) is 1.56. The normalized spacial score (nSPS) is 9.75. The van der Waals surface area contributed by atoms with Gasteiger partial charge in [-0.05, 0) is 17.7 Å². The number of ether oxygens (including phenoxy) is 1. The van der Waals surface area contributed by atoms with Crippen LogP contribution >= 0.6 is 0 Å². The number of hydrogen-bond donors (Lipinski definition) is 2. The van der Waals surface area contributed by atoms with Crippen LogP contribution < -0.4 is 10.5 Å². The summed E-state index contributed by atoms with van der Waals surface area (Å²) in [7, 11) is 1.61. The molecule has 0 saturated heterocycles. The van der Waals surface area contributed by atoms with E-state index in [0.29, 0.717) is 11.4 Å². The largest absolute Gasteiger partial charge is 0.497 e. The minimum Gasteiger partial charge on any atom is -0.497 e. The number of aromatic nitrogens is 1. The van der Waals surface area contributed by atoms with Gasteiger partial charge in [0.25, 0.3) is 0 Å². The standard InChI is InChI=1S/C12H11N3O/c1-16-9-4-2-3-8(5-9)10-7-15-11(6-13)12(10)14/h2-5,7,15H,14H2,1H3. The van der Waals surface area contributed by atoms with Crippen molar-refractivity contribution >= 4 is 5.69 Å².